The maximum absolute atomic E-state index is 4.38. The van der Waals surface area contributed by atoms with Gasteiger partial charge in [0.2, 0.25) is 0 Å². The van der Waals surface area contributed by atoms with Crippen LogP contribution in [0.2, 0.25) is 0 Å². The third-order valence-electron chi connectivity index (χ3n) is 2.72. The third-order valence-corrected chi connectivity index (χ3v) is 3.98. The first-order valence-electron chi connectivity index (χ1n) is 6.37. The highest BCUT2D eigenvalue weighted by molar-refractivity contribution is 7.99. The number of hydrogen-bond donors (Lipinski definition) is 1. The standard InChI is InChI=1S/C14H19N3S/c1-3-8-15-11(2)9-18-14-12-6-4-5-7-13(12)16-10-17-14/h4-7,10-11,15H,3,8-9H2,1-2H3. The summed E-state index contributed by atoms with van der Waals surface area (Å²) in [6.07, 6.45) is 2.82. The van der Waals surface area contributed by atoms with E-state index < -0.39 is 0 Å². The molecule has 1 aromatic heterocycles. The molecule has 0 saturated carbocycles. The number of nitrogens with zero attached hydrogens (tertiary/aromatic N) is 2. The summed E-state index contributed by atoms with van der Waals surface area (Å²) in [6, 6.07) is 8.66. The number of aromatic nitrogens is 2. The molecule has 18 heavy (non-hydrogen) atoms. The molecule has 2 aromatic rings. The summed E-state index contributed by atoms with van der Waals surface area (Å²) in [5.41, 5.74) is 1.02. The van der Waals surface area contributed by atoms with Crippen LogP contribution in [-0.2, 0) is 0 Å². The van der Waals surface area contributed by atoms with Gasteiger partial charge in [-0.15, -0.1) is 11.8 Å². The Labute approximate surface area is 112 Å². The lowest BCUT2D eigenvalue weighted by Crippen LogP contribution is -2.28. The summed E-state index contributed by atoms with van der Waals surface area (Å²) in [7, 11) is 0. The number of benzene rings is 1. The Hall–Kier alpha value is -1.13. The van der Waals surface area contributed by atoms with Gasteiger partial charge < -0.3 is 5.32 Å². The Morgan fingerprint density at radius 2 is 2.11 bits per heavy atom. The summed E-state index contributed by atoms with van der Waals surface area (Å²) in [6.45, 7) is 5.48. The van der Waals surface area contributed by atoms with Crippen molar-refractivity contribution in [2.24, 2.45) is 0 Å². The molecule has 0 aliphatic rings. The molecular weight excluding hydrogens is 242 g/mol. The van der Waals surface area contributed by atoms with Gasteiger partial charge in [-0.3, -0.25) is 0 Å². The molecule has 0 aliphatic heterocycles. The molecule has 0 fully saturated rings. The Balaban J connectivity index is 2.03. The number of thioether (sulfide) groups is 1. The molecule has 0 radical (unpaired) electrons. The monoisotopic (exact) mass is 261 g/mol. The second-order valence-corrected chi connectivity index (χ2v) is 5.37. The van der Waals surface area contributed by atoms with Gasteiger partial charge in [-0.1, -0.05) is 25.1 Å². The summed E-state index contributed by atoms with van der Waals surface area (Å²) >= 11 is 1.79. The molecule has 4 heteroatoms. The van der Waals surface area contributed by atoms with E-state index in [1.54, 1.807) is 18.1 Å². The Kier molecular flexibility index (Phi) is 4.96. The molecule has 0 amide bonds. The SMILES string of the molecule is CCCNC(C)CSc1ncnc2ccccc12. The molecule has 0 aliphatic carbocycles. The van der Waals surface area contributed by atoms with Crippen LogP contribution in [0.4, 0.5) is 0 Å². The van der Waals surface area contributed by atoms with Crippen molar-refractivity contribution in [3.8, 4) is 0 Å². The molecule has 0 spiro atoms. The van der Waals surface area contributed by atoms with E-state index in [4.69, 9.17) is 0 Å². The van der Waals surface area contributed by atoms with Crippen molar-refractivity contribution in [3.05, 3.63) is 30.6 Å². The highest BCUT2D eigenvalue weighted by Crippen LogP contribution is 2.24. The lowest BCUT2D eigenvalue weighted by atomic mass is 10.2. The van der Waals surface area contributed by atoms with Crippen LogP contribution in [0.5, 0.6) is 0 Å². The second-order valence-electron chi connectivity index (χ2n) is 4.36. The van der Waals surface area contributed by atoms with Gasteiger partial charge in [0, 0.05) is 17.2 Å². The molecule has 0 saturated heterocycles. The van der Waals surface area contributed by atoms with Crippen molar-refractivity contribution in [3.63, 3.8) is 0 Å². The van der Waals surface area contributed by atoms with Crippen molar-refractivity contribution in [1.82, 2.24) is 15.3 Å². The molecule has 96 valence electrons. The first-order valence-corrected chi connectivity index (χ1v) is 7.35. The first-order chi connectivity index (χ1) is 8.81. The van der Waals surface area contributed by atoms with Gasteiger partial charge in [0.15, 0.2) is 0 Å². The summed E-state index contributed by atoms with van der Waals surface area (Å²) in [5.74, 6) is 1.03. The largest absolute Gasteiger partial charge is 0.313 e. The maximum Gasteiger partial charge on any atom is 0.117 e. The van der Waals surface area contributed by atoms with Gasteiger partial charge in [-0.05, 0) is 26.0 Å². The average molecular weight is 261 g/mol. The highest BCUT2D eigenvalue weighted by atomic mass is 32.2. The van der Waals surface area contributed by atoms with Crippen LogP contribution in [0.3, 0.4) is 0 Å². The van der Waals surface area contributed by atoms with Gasteiger partial charge in [0.25, 0.3) is 0 Å². The Bertz CT molecular complexity index is 496. The lowest BCUT2D eigenvalue weighted by molar-refractivity contribution is 0.590. The summed E-state index contributed by atoms with van der Waals surface area (Å²) in [4.78, 5) is 8.66. The zero-order valence-electron chi connectivity index (χ0n) is 10.9. The van der Waals surface area contributed by atoms with Crippen LogP contribution >= 0.6 is 11.8 Å². The van der Waals surface area contributed by atoms with Crippen LogP contribution in [0.15, 0.2) is 35.6 Å². The fraction of sp³-hybridized carbons (Fsp3) is 0.429. The molecule has 1 unspecified atom stereocenters. The summed E-state index contributed by atoms with van der Waals surface area (Å²) in [5, 5.41) is 5.71. The van der Waals surface area contributed by atoms with E-state index in [0.717, 1.165) is 28.2 Å². The van der Waals surface area contributed by atoms with Crippen molar-refractivity contribution in [2.45, 2.75) is 31.3 Å². The fourth-order valence-corrected chi connectivity index (χ4v) is 2.72. The predicted octanol–water partition coefficient (Wildman–Crippen LogP) is 3.11. The normalized spacial score (nSPS) is 12.8. The molecule has 1 heterocycles. The Morgan fingerprint density at radius 3 is 2.94 bits per heavy atom. The van der Waals surface area contributed by atoms with Crippen molar-refractivity contribution in [1.29, 1.82) is 0 Å². The van der Waals surface area contributed by atoms with Gasteiger partial charge in [0.05, 0.1) is 5.52 Å². The van der Waals surface area contributed by atoms with E-state index in [-0.39, 0.29) is 0 Å². The predicted molar refractivity (Wildman–Crippen MR) is 78.0 cm³/mol. The number of rotatable bonds is 6. The van der Waals surface area contributed by atoms with Gasteiger partial charge in [0.1, 0.15) is 11.4 Å². The summed E-state index contributed by atoms with van der Waals surface area (Å²) < 4.78 is 0. The molecular formula is C14H19N3S. The molecule has 1 atom stereocenters. The highest BCUT2D eigenvalue weighted by Gasteiger charge is 2.06. The quantitative estimate of drug-likeness (QED) is 0.640. The molecule has 1 N–H and O–H groups in total. The third kappa shape index (κ3) is 3.43. The van der Waals surface area contributed by atoms with Crippen LogP contribution in [0.25, 0.3) is 10.9 Å². The minimum Gasteiger partial charge on any atom is -0.313 e. The van der Waals surface area contributed by atoms with E-state index >= 15 is 0 Å². The maximum atomic E-state index is 4.38. The zero-order chi connectivity index (χ0) is 12.8. The number of hydrogen-bond acceptors (Lipinski definition) is 4. The van der Waals surface area contributed by atoms with E-state index in [2.05, 4.69) is 35.2 Å². The number of fused-ring (bicyclic) bond motifs is 1. The lowest BCUT2D eigenvalue weighted by Gasteiger charge is -2.12. The van der Waals surface area contributed by atoms with E-state index in [1.165, 1.54) is 6.42 Å². The van der Waals surface area contributed by atoms with Crippen molar-refractivity contribution >= 4 is 22.7 Å². The van der Waals surface area contributed by atoms with Crippen molar-refractivity contribution in [2.75, 3.05) is 12.3 Å². The molecule has 2 rings (SSSR count). The van der Waals surface area contributed by atoms with E-state index in [1.807, 2.05) is 18.2 Å². The number of nitrogens with one attached hydrogen (secondary N) is 1. The van der Waals surface area contributed by atoms with Crippen LogP contribution in [0, 0.1) is 0 Å². The van der Waals surface area contributed by atoms with Gasteiger partial charge in [-0.2, -0.15) is 0 Å². The smallest absolute Gasteiger partial charge is 0.117 e. The fourth-order valence-electron chi connectivity index (χ4n) is 1.75. The minimum absolute atomic E-state index is 0.503. The van der Waals surface area contributed by atoms with Gasteiger partial charge >= 0.3 is 0 Å². The minimum atomic E-state index is 0.503. The second kappa shape index (κ2) is 6.71. The topological polar surface area (TPSA) is 37.8 Å². The van der Waals surface area contributed by atoms with E-state index in [0.29, 0.717) is 6.04 Å². The van der Waals surface area contributed by atoms with Crippen LogP contribution in [-0.4, -0.2) is 28.3 Å². The van der Waals surface area contributed by atoms with Crippen LogP contribution in [0.1, 0.15) is 20.3 Å². The zero-order valence-corrected chi connectivity index (χ0v) is 11.7. The average Bonchev–Trinajstić information content (AvgIpc) is 2.42. The first kappa shape index (κ1) is 13.3. The van der Waals surface area contributed by atoms with Gasteiger partial charge in [-0.25, -0.2) is 9.97 Å². The van der Waals surface area contributed by atoms with Crippen molar-refractivity contribution < 1.29 is 0 Å². The van der Waals surface area contributed by atoms with E-state index in [9.17, 15) is 0 Å². The molecule has 0 bridgehead atoms. The molecule has 1 aromatic carbocycles. The van der Waals surface area contributed by atoms with Crippen LogP contribution < -0.4 is 5.32 Å². The molecule has 3 nitrogen and oxygen atoms in total. The number of para-hydroxylation sites is 1. The Morgan fingerprint density at radius 1 is 1.28 bits per heavy atom.